The number of likely N-dealkylation sites (tertiary alicyclic amines) is 1. The number of aliphatic hydroxyl groups excluding tert-OH is 1. The second-order valence-corrected chi connectivity index (χ2v) is 7.90. The van der Waals surface area contributed by atoms with Crippen LogP contribution in [0.2, 0.25) is 5.02 Å². The molecule has 1 N–H and O–H groups in total. The van der Waals surface area contributed by atoms with E-state index in [-0.39, 0.29) is 28.5 Å². The lowest BCUT2D eigenvalue weighted by Crippen LogP contribution is -2.29. The summed E-state index contributed by atoms with van der Waals surface area (Å²) < 4.78 is 5.24. The van der Waals surface area contributed by atoms with E-state index in [1.807, 2.05) is 37.3 Å². The molecule has 1 fully saturated rings. The number of halogens is 1. The highest BCUT2D eigenvalue weighted by atomic mass is 35.5. The number of hydrogen-bond donors (Lipinski definition) is 1. The topological polar surface area (TPSA) is 79.7 Å². The first-order valence-electron chi connectivity index (χ1n) is 9.99. The van der Waals surface area contributed by atoms with E-state index in [9.17, 15) is 14.7 Å². The van der Waals surface area contributed by atoms with Gasteiger partial charge in [-0.3, -0.25) is 14.6 Å². The Labute approximate surface area is 190 Å². The molecule has 1 unspecified atom stereocenters. The van der Waals surface area contributed by atoms with Crippen LogP contribution < -0.4 is 4.74 Å². The molecule has 6 nitrogen and oxygen atoms in total. The second-order valence-electron chi connectivity index (χ2n) is 7.49. The number of benzene rings is 2. The fourth-order valence-corrected chi connectivity index (χ4v) is 4.11. The van der Waals surface area contributed by atoms with E-state index in [0.717, 1.165) is 16.7 Å². The first-order chi connectivity index (χ1) is 15.4. The molecule has 0 spiro atoms. The number of methoxy groups -OCH3 is 1. The first-order valence-corrected chi connectivity index (χ1v) is 10.4. The Morgan fingerprint density at radius 3 is 2.62 bits per heavy atom. The molecule has 4 rings (SSSR count). The van der Waals surface area contributed by atoms with Gasteiger partial charge in [-0.15, -0.1) is 0 Å². The van der Waals surface area contributed by atoms with Crippen molar-refractivity contribution < 1.29 is 19.4 Å². The summed E-state index contributed by atoms with van der Waals surface area (Å²) in [6, 6.07) is 15.1. The highest BCUT2D eigenvalue weighted by Crippen LogP contribution is 2.42. The van der Waals surface area contributed by atoms with Crippen LogP contribution in [-0.4, -0.2) is 33.8 Å². The van der Waals surface area contributed by atoms with E-state index >= 15 is 0 Å². The Balaban J connectivity index is 1.92. The predicted molar refractivity (Wildman–Crippen MR) is 121 cm³/mol. The van der Waals surface area contributed by atoms with Gasteiger partial charge in [-0.2, -0.15) is 0 Å². The van der Waals surface area contributed by atoms with Crippen molar-refractivity contribution in [3.05, 3.63) is 99.8 Å². The molecule has 0 bridgehead atoms. The van der Waals surface area contributed by atoms with Crippen LogP contribution in [0, 0.1) is 6.92 Å². The molecule has 2 aromatic carbocycles. The second kappa shape index (κ2) is 8.85. The summed E-state index contributed by atoms with van der Waals surface area (Å²) in [6.45, 7) is 2.07. The van der Waals surface area contributed by atoms with Crippen LogP contribution >= 0.6 is 11.6 Å². The number of hydrogen-bond acceptors (Lipinski definition) is 5. The lowest BCUT2D eigenvalue weighted by molar-refractivity contribution is -0.140. The summed E-state index contributed by atoms with van der Waals surface area (Å²) in [5.41, 5.74) is 2.62. The van der Waals surface area contributed by atoms with Gasteiger partial charge in [0.15, 0.2) is 0 Å². The zero-order chi connectivity index (χ0) is 22.8. The lowest BCUT2D eigenvalue weighted by atomic mass is 9.92. The van der Waals surface area contributed by atoms with Gasteiger partial charge in [-0.25, -0.2) is 0 Å². The molecule has 1 aliphatic rings. The highest BCUT2D eigenvalue weighted by Gasteiger charge is 2.46. The molecule has 2 heterocycles. The van der Waals surface area contributed by atoms with Crippen molar-refractivity contribution in [1.82, 2.24) is 9.88 Å². The van der Waals surface area contributed by atoms with Gasteiger partial charge in [0.25, 0.3) is 11.7 Å². The number of aromatic nitrogens is 1. The molecule has 1 amide bonds. The molecule has 162 valence electrons. The molecule has 1 aromatic heterocycles. The molecule has 7 heteroatoms. The molecule has 1 saturated heterocycles. The van der Waals surface area contributed by atoms with Gasteiger partial charge in [0.05, 0.1) is 23.7 Å². The fourth-order valence-electron chi connectivity index (χ4n) is 3.91. The zero-order valence-corrected chi connectivity index (χ0v) is 18.3. The highest BCUT2D eigenvalue weighted by molar-refractivity contribution is 6.47. The van der Waals surface area contributed by atoms with E-state index in [4.69, 9.17) is 16.3 Å². The van der Waals surface area contributed by atoms with Crippen molar-refractivity contribution in [2.75, 3.05) is 7.11 Å². The standard InChI is InChI=1S/C25H21ClN2O4/c1-15-6-3-4-8-18(15)22-21(23(29)19-12-17(32-2)9-10-20(19)26)24(30)25(31)28(22)14-16-7-5-11-27-13-16/h3-13,22,29H,14H2,1-2H3/b23-21+. The average molecular weight is 449 g/mol. The van der Waals surface area contributed by atoms with Crippen LogP contribution in [0.1, 0.15) is 28.3 Å². The monoisotopic (exact) mass is 448 g/mol. The largest absolute Gasteiger partial charge is 0.507 e. The summed E-state index contributed by atoms with van der Waals surface area (Å²) in [7, 11) is 1.49. The van der Waals surface area contributed by atoms with E-state index in [2.05, 4.69) is 4.98 Å². The summed E-state index contributed by atoms with van der Waals surface area (Å²) >= 11 is 6.33. The van der Waals surface area contributed by atoms with Crippen LogP contribution in [0.5, 0.6) is 5.75 Å². The number of ketones is 1. The van der Waals surface area contributed by atoms with Crippen LogP contribution in [0.15, 0.2) is 72.6 Å². The molecule has 1 atom stereocenters. The summed E-state index contributed by atoms with van der Waals surface area (Å²) in [5, 5.41) is 11.5. The van der Waals surface area contributed by atoms with Crippen molar-refractivity contribution in [3.8, 4) is 5.75 Å². The number of carbonyl (C=O) groups is 2. The van der Waals surface area contributed by atoms with E-state index < -0.39 is 17.7 Å². The van der Waals surface area contributed by atoms with E-state index in [0.29, 0.717) is 5.75 Å². The minimum atomic E-state index is -0.779. The number of rotatable bonds is 5. The maximum atomic E-state index is 13.2. The predicted octanol–water partition coefficient (Wildman–Crippen LogP) is 4.67. The SMILES string of the molecule is COc1ccc(Cl)c(/C(O)=C2\C(=O)C(=O)N(Cc3cccnc3)C2c2ccccc2C)c1. The molecule has 3 aromatic rings. The van der Waals surface area contributed by atoms with Crippen molar-refractivity contribution >= 4 is 29.1 Å². The summed E-state index contributed by atoms with van der Waals surface area (Å²) in [4.78, 5) is 31.9. The summed E-state index contributed by atoms with van der Waals surface area (Å²) in [5.74, 6) is -1.33. The molecule has 1 aliphatic heterocycles. The number of Topliss-reactive ketones (excluding diaryl/α,β-unsaturated/α-hetero) is 1. The van der Waals surface area contributed by atoms with Gasteiger partial charge in [0, 0.05) is 24.5 Å². The smallest absolute Gasteiger partial charge is 0.295 e. The Hall–Kier alpha value is -3.64. The molecular formula is C25H21ClN2O4. The van der Waals surface area contributed by atoms with Gasteiger partial charge < -0.3 is 14.7 Å². The molecule has 0 saturated carbocycles. The lowest BCUT2D eigenvalue weighted by Gasteiger charge is -2.26. The maximum absolute atomic E-state index is 13.2. The number of aryl methyl sites for hydroxylation is 1. The van der Waals surface area contributed by atoms with Gasteiger partial charge in [0.1, 0.15) is 11.5 Å². The third kappa shape index (κ3) is 3.85. The Morgan fingerprint density at radius 1 is 1.16 bits per heavy atom. The number of carbonyl (C=O) groups excluding carboxylic acids is 2. The average Bonchev–Trinajstić information content (AvgIpc) is 3.05. The first kappa shape index (κ1) is 21.6. The van der Waals surface area contributed by atoms with Gasteiger partial charge >= 0.3 is 0 Å². The quantitative estimate of drug-likeness (QED) is 0.348. The number of aliphatic hydroxyl groups is 1. The van der Waals surface area contributed by atoms with Crippen molar-refractivity contribution in [1.29, 1.82) is 0 Å². The van der Waals surface area contributed by atoms with Crippen LogP contribution in [0.4, 0.5) is 0 Å². The van der Waals surface area contributed by atoms with Crippen LogP contribution in [0.25, 0.3) is 5.76 Å². The van der Waals surface area contributed by atoms with Gasteiger partial charge in [-0.05, 0) is 47.9 Å². The van der Waals surface area contributed by atoms with E-state index in [1.165, 1.54) is 12.0 Å². The summed E-state index contributed by atoms with van der Waals surface area (Å²) in [6.07, 6.45) is 3.29. The minimum Gasteiger partial charge on any atom is -0.507 e. The molecule has 32 heavy (non-hydrogen) atoms. The minimum absolute atomic E-state index is 0.0108. The molecule has 0 radical (unpaired) electrons. The van der Waals surface area contributed by atoms with E-state index in [1.54, 1.807) is 36.7 Å². The number of amides is 1. The zero-order valence-electron chi connectivity index (χ0n) is 17.6. The van der Waals surface area contributed by atoms with Crippen molar-refractivity contribution in [2.24, 2.45) is 0 Å². The Kier molecular flexibility index (Phi) is 5.97. The molecule has 0 aliphatic carbocycles. The van der Waals surface area contributed by atoms with Gasteiger partial charge in [-0.1, -0.05) is 41.9 Å². The maximum Gasteiger partial charge on any atom is 0.295 e. The van der Waals surface area contributed by atoms with Crippen molar-refractivity contribution in [2.45, 2.75) is 19.5 Å². The number of pyridine rings is 1. The third-order valence-corrected chi connectivity index (χ3v) is 5.86. The van der Waals surface area contributed by atoms with Gasteiger partial charge in [0.2, 0.25) is 0 Å². The molecular weight excluding hydrogens is 428 g/mol. The normalized spacial score (nSPS) is 17.6. The number of ether oxygens (including phenoxy) is 1. The number of nitrogens with zero attached hydrogens (tertiary/aromatic N) is 2. The Bertz CT molecular complexity index is 1220. The van der Waals surface area contributed by atoms with Crippen LogP contribution in [0.3, 0.4) is 0 Å². The fraction of sp³-hybridized carbons (Fsp3) is 0.160. The van der Waals surface area contributed by atoms with Crippen molar-refractivity contribution in [3.63, 3.8) is 0 Å². The third-order valence-electron chi connectivity index (χ3n) is 5.53. The Morgan fingerprint density at radius 2 is 1.94 bits per heavy atom. The van der Waals surface area contributed by atoms with Crippen LogP contribution in [-0.2, 0) is 16.1 Å².